The Kier molecular flexibility index (Phi) is 4.41. The van der Waals surface area contributed by atoms with Gasteiger partial charge in [-0.2, -0.15) is 0 Å². The van der Waals surface area contributed by atoms with Crippen molar-refractivity contribution in [1.82, 2.24) is 9.80 Å². The summed E-state index contributed by atoms with van der Waals surface area (Å²) in [4.78, 5) is 19.2. The standard InChI is InChI=1S/C17H24N2O3S/c20-14-3-1-2-13(14)18-5-7-19(8-6-18)17(21)16-10-12-11-22-9-4-15(12)23-16/h10,13-14,20H,1-9,11H2/t13-,14+/m1/s1. The highest BCUT2D eigenvalue weighted by atomic mass is 32.1. The van der Waals surface area contributed by atoms with E-state index in [0.29, 0.717) is 12.6 Å². The molecule has 2 fully saturated rings. The van der Waals surface area contributed by atoms with Gasteiger partial charge in [-0.15, -0.1) is 11.3 Å². The molecule has 1 aliphatic carbocycles. The van der Waals surface area contributed by atoms with Crippen molar-refractivity contribution in [2.75, 3.05) is 32.8 Å². The smallest absolute Gasteiger partial charge is 0.264 e. The molecule has 126 valence electrons. The van der Waals surface area contributed by atoms with E-state index in [4.69, 9.17) is 4.74 Å². The first-order valence-electron chi connectivity index (χ1n) is 8.63. The molecule has 4 rings (SSSR count). The van der Waals surface area contributed by atoms with Gasteiger partial charge in [-0.1, -0.05) is 0 Å². The van der Waals surface area contributed by atoms with Gasteiger partial charge in [0.05, 0.1) is 24.2 Å². The summed E-state index contributed by atoms with van der Waals surface area (Å²) in [5, 5.41) is 10.1. The molecule has 23 heavy (non-hydrogen) atoms. The molecule has 1 N–H and O–H groups in total. The maximum atomic E-state index is 12.7. The summed E-state index contributed by atoms with van der Waals surface area (Å²) < 4.78 is 5.47. The summed E-state index contributed by atoms with van der Waals surface area (Å²) in [6.45, 7) is 4.70. The van der Waals surface area contributed by atoms with Gasteiger partial charge in [-0.25, -0.2) is 0 Å². The third-order valence-corrected chi connectivity index (χ3v) is 6.58. The fraction of sp³-hybridized carbons (Fsp3) is 0.706. The molecule has 6 heteroatoms. The van der Waals surface area contributed by atoms with E-state index < -0.39 is 0 Å². The molecule has 1 saturated heterocycles. The molecule has 3 heterocycles. The van der Waals surface area contributed by atoms with Crippen molar-refractivity contribution in [3.05, 3.63) is 21.4 Å². The minimum atomic E-state index is -0.179. The van der Waals surface area contributed by atoms with Crippen LogP contribution in [0, 0.1) is 0 Å². The molecule has 0 spiro atoms. The second-order valence-corrected chi connectivity index (χ2v) is 7.89. The minimum absolute atomic E-state index is 0.163. The van der Waals surface area contributed by atoms with Gasteiger partial charge in [0, 0.05) is 43.5 Å². The Hall–Kier alpha value is -0.950. The van der Waals surface area contributed by atoms with Crippen molar-refractivity contribution < 1.29 is 14.6 Å². The topological polar surface area (TPSA) is 53.0 Å². The average Bonchev–Trinajstić information content (AvgIpc) is 3.20. The number of aliphatic hydroxyl groups excluding tert-OH is 1. The van der Waals surface area contributed by atoms with Gasteiger partial charge in [-0.3, -0.25) is 9.69 Å². The first-order chi connectivity index (χ1) is 11.2. The quantitative estimate of drug-likeness (QED) is 0.889. The Bertz CT molecular complexity index is 557. The van der Waals surface area contributed by atoms with E-state index in [-0.39, 0.29) is 12.0 Å². The fourth-order valence-corrected chi connectivity index (χ4v) is 5.13. The van der Waals surface area contributed by atoms with Crippen LogP contribution in [0.1, 0.15) is 39.4 Å². The number of ether oxygens (including phenoxy) is 1. The van der Waals surface area contributed by atoms with E-state index in [1.165, 1.54) is 10.4 Å². The Morgan fingerprint density at radius 1 is 1.26 bits per heavy atom. The molecule has 1 amide bonds. The summed E-state index contributed by atoms with van der Waals surface area (Å²) >= 11 is 1.64. The van der Waals surface area contributed by atoms with Gasteiger partial charge in [0.25, 0.3) is 5.91 Å². The Morgan fingerprint density at radius 2 is 2.09 bits per heavy atom. The number of carbonyl (C=O) groups excluding carboxylic acids is 1. The van der Waals surface area contributed by atoms with Gasteiger partial charge in [-0.05, 0) is 30.9 Å². The molecular formula is C17H24N2O3S. The summed E-state index contributed by atoms with van der Waals surface area (Å²) in [5.41, 5.74) is 1.19. The number of fused-ring (bicyclic) bond motifs is 1. The zero-order chi connectivity index (χ0) is 15.8. The lowest BCUT2D eigenvalue weighted by Crippen LogP contribution is -2.53. The number of rotatable bonds is 2. The summed E-state index contributed by atoms with van der Waals surface area (Å²) in [5.74, 6) is 0.163. The predicted octanol–water partition coefficient (Wildman–Crippen LogP) is 1.49. The fourth-order valence-electron chi connectivity index (χ4n) is 4.01. The second kappa shape index (κ2) is 6.51. The number of nitrogens with zero attached hydrogens (tertiary/aromatic N) is 2. The SMILES string of the molecule is O=C(c1cc2c(s1)CCOC2)N1CCN([C@@H]2CCC[C@@H]2O)CC1. The number of aliphatic hydroxyl groups is 1. The van der Waals surface area contributed by atoms with Crippen LogP contribution in [-0.4, -0.2) is 65.7 Å². The summed E-state index contributed by atoms with van der Waals surface area (Å²) in [6, 6.07) is 2.33. The number of piperazine rings is 1. The first kappa shape index (κ1) is 15.6. The minimum Gasteiger partial charge on any atom is -0.391 e. The van der Waals surface area contributed by atoms with Crippen molar-refractivity contribution in [3.63, 3.8) is 0 Å². The van der Waals surface area contributed by atoms with Crippen molar-refractivity contribution in [2.24, 2.45) is 0 Å². The number of hydrogen-bond donors (Lipinski definition) is 1. The molecule has 2 atom stereocenters. The molecule has 0 radical (unpaired) electrons. The van der Waals surface area contributed by atoms with Gasteiger partial charge in [0.2, 0.25) is 0 Å². The van der Waals surface area contributed by atoms with E-state index in [1.54, 1.807) is 11.3 Å². The number of carbonyl (C=O) groups is 1. The maximum absolute atomic E-state index is 12.7. The van der Waals surface area contributed by atoms with E-state index in [2.05, 4.69) is 4.90 Å². The third kappa shape index (κ3) is 3.05. The molecule has 2 aliphatic heterocycles. The van der Waals surface area contributed by atoms with Gasteiger partial charge in [0.15, 0.2) is 0 Å². The summed E-state index contributed by atoms with van der Waals surface area (Å²) in [6.07, 6.45) is 3.88. The average molecular weight is 336 g/mol. The van der Waals surface area contributed by atoms with Crippen LogP contribution in [0.25, 0.3) is 0 Å². The van der Waals surface area contributed by atoms with Crippen LogP contribution in [0.3, 0.4) is 0 Å². The van der Waals surface area contributed by atoms with E-state index in [1.807, 2.05) is 11.0 Å². The van der Waals surface area contributed by atoms with E-state index >= 15 is 0 Å². The molecule has 1 saturated carbocycles. The lowest BCUT2D eigenvalue weighted by molar-refractivity contribution is 0.0318. The zero-order valence-electron chi connectivity index (χ0n) is 13.4. The van der Waals surface area contributed by atoms with Gasteiger partial charge < -0.3 is 14.7 Å². The monoisotopic (exact) mass is 336 g/mol. The van der Waals surface area contributed by atoms with Crippen molar-refractivity contribution in [1.29, 1.82) is 0 Å². The number of hydrogen-bond acceptors (Lipinski definition) is 5. The highest BCUT2D eigenvalue weighted by Gasteiger charge is 2.33. The van der Waals surface area contributed by atoms with Gasteiger partial charge in [0.1, 0.15) is 0 Å². The normalized spacial score (nSPS) is 28.8. The highest BCUT2D eigenvalue weighted by molar-refractivity contribution is 7.14. The largest absolute Gasteiger partial charge is 0.391 e. The third-order valence-electron chi connectivity index (χ3n) is 5.35. The van der Waals surface area contributed by atoms with Gasteiger partial charge >= 0.3 is 0 Å². The van der Waals surface area contributed by atoms with Crippen molar-refractivity contribution in [3.8, 4) is 0 Å². The number of thiophene rings is 1. The Morgan fingerprint density at radius 3 is 2.78 bits per heavy atom. The number of amides is 1. The lowest BCUT2D eigenvalue weighted by atomic mass is 10.1. The predicted molar refractivity (Wildman–Crippen MR) is 88.8 cm³/mol. The molecule has 1 aromatic heterocycles. The molecule has 0 bridgehead atoms. The van der Waals surface area contributed by atoms with Crippen LogP contribution in [0.5, 0.6) is 0 Å². The molecule has 0 aromatic carbocycles. The van der Waals surface area contributed by atoms with E-state index in [0.717, 1.165) is 63.3 Å². The van der Waals surface area contributed by atoms with Crippen LogP contribution >= 0.6 is 11.3 Å². The Labute approximate surface area is 140 Å². The summed E-state index contributed by atoms with van der Waals surface area (Å²) in [7, 11) is 0. The van der Waals surface area contributed by atoms with Crippen LogP contribution in [0.15, 0.2) is 6.07 Å². The van der Waals surface area contributed by atoms with E-state index in [9.17, 15) is 9.90 Å². The zero-order valence-corrected chi connectivity index (χ0v) is 14.2. The van der Waals surface area contributed by atoms with Crippen molar-refractivity contribution >= 4 is 17.2 Å². The first-order valence-corrected chi connectivity index (χ1v) is 9.45. The van der Waals surface area contributed by atoms with Crippen LogP contribution in [-0.2, 0) is 17.8 Å². The molecule has 3 aliphatic rings. The molecular weight excluding hydrogens is 312 g/mol. The van der Waals surface area contributed by atoms with Crippen LogP contribution in [0.4, 0.5) is 0 Å². The van der Waals surface area contributed by atoms with Crippen LogP contribution in [0.2, 0.25) is 0 Å². The lowest BCUT2D eigenvalue weighted by Gasteiger charge is -2.39. The molecule has 5 nitrogen and oxygen atoms in total. The maximum Gasteiger partial charge on any atom is 0.264 e. The van der Waals surface area contributed by atoms with Crippen molar-refractivity contribution in [2.45, 2.75) is 44.4 Å². The second-order valence-electron chi connectivity index (χ2n) is 6.76. The Balaban J connectivity index is 1.38. The molecule has 1 aromatic rings. The van der Waals surface area contributed by atoms with Crippen LogP contribution < -0.4 is 0 Å². The molecule has 0 unspecified atom stereocenters. The highest BCUT2D eigenvalue weighted by Crippen LogP contribution is 2.29.